The molecule has 4 heteroatoms. The molecule has 0 aliphatic carbocycles. The van der Waals surface area contributed by atoms with Crippen molar-refractivity contribution in [2.24, 2.45) is 0 Å². The van der Waals surface area contributed by atoms with E-state index in [1.807, 2.05) is 24.7 Å². The summed E-state index contributed by atoms with van der Waals surface area (Å²) in [4.78, 5) is 9.75. The Hall–Kier alpha value is -1.81. The number of hydrogen-bond acceptors (Lipinski definition) is 3. The third kappa shape index (κ3) is 2.17. The summed E-state index contributed by atoms with van der Waals surface area (Å²) in [5.41, 5.74) is 1.04. The van der Waals surface area contributed by atoms with Crippen LogP contribution in [0.3, 0.4) is 0 Å². The molecule has 3 aromatic rings. The van der Waals surface area contributed by atoms with Crippen LogP contribution in [0.15, 0.2) is 60.0 Å². The van der Waals surface area contributed by atoms with Gasteiger partial charge >= 0.3 is 0 Å². The summed E-state index contributed by atoms with van der Waals surface area (Å²) < 4.78 is 2.07. The topological polar surface area (TPSA) is 30.2 Å². The van der Waals surface area contributed by atoms with Gasteiger partial charge in [-0.1, -0.05) is 18.2 Å². The van der Waals surface area contributed by atoms with Crippen molar-refractivity contribution in [2.75, 3.05) is 0 Å². The van der Waals surface area contributed by atoms with Crippen LogP contribution in [0.2, 0.25) is 0 Å². The van der Waals surface area contributed by atoms with Crippen molar-refractivity contribution in [3.63, 3.8) is 0 Å². The monoisotopic (exact) mass is 241 g/mol. The fraction of sp³-hybridized carbons (Fsp3) is 0.0769. The van der Waals surface area contributed by atoms with Crippen LogP contribution in [-0.2, 0) is 5.75 Å². The number of thioether (sulfide) groups is 1. The Morgan fingerprint density at radius 1 is 1.12 bits per heavy atom. The molecule has 1 aromatic carbocycles. The molecule has 0 spiro atoms. The van der Waals surface area contributed by atoms with Gasteiger partial charge in [0.05, 0.1) is 23.7 Å². The number of aromatic nitrogens is 3. The fourth-order valence-corrected chi connectivity index (χ4v) is 2.54. The normalized spacial score (nSPS) is 10.8. The number of imidazole rings is 1. The van der Waals surface area contributed by atoms with Crippen LogP contribution in [0.25, 0.3) is 5.52 Å². The van der Waals surface area contributed by atoms with E-state index in [2.05, 4.69) is 38.6 Å². The molecule has 0 atom stereocenters. The quantitative estimate of drug-likeness (QED) is 0.660. The Bertz CT molecular complexity index is 619. The predicted octanol–water partition coefficient (Wildman–Crippen LogP) is 3.02. The van der Waals surface area contributed by atoms with Gasteiger partial charge in [-0.15, -0.1) is 11.8 Å². The van der Waals surface area contributed by atoms with Gasteiger partial charge in [0.15, 0.2) is 0 Å². The first-order chi connectivity index (χ1) is 8.43. The van der Waals surface area contributed by atoms with E-state index in [0.717, 1.165) is 17.1 Å². The minimum atomic E-state index is 0.863. The summed E-state index contributed by atoms with van der Waals surface area (Å²) in [6.07, 6.45) is 7.41. The zero-order valence-electron chi connectivity index (χ0n) is 9.15. The SMILES string of the molecule is c1ccc(SCc2ncc3cnccn23)cc1. The van der Waals surface area contributed by atoms with Gasteiger partial charge in [0, 0.05) is 17.3 Å². The molecule has 0 saturated carbocycles. The molecule has 0 saturated heterocycles. The molecule has 0 aliphatic heterocycles. The zero-order chi connectivity index (χ0) is 11.5. The zero-order valence-corrected chi connectivity index (χ0v) is 9.97. The summed E-state index contributed by atoms with van der Waals surface area (Å²) in [6, 6.07) is 10.4. The van der Waals surface area contributed by atoms with Crippen LogP contribution >= 0.6 is 11.8 Å². The van der Waals surface area contributed by atoms with Crippen molar-refractivity contribution in [2.45, 2.75) is 10.6 Å². The van der Waals surface area contributed by atoms with E-state index >= 15 is 0 Å². The Morgan fingerprint density at radius 2 is 2.00 bits per heavy atom. The lowest BCUT2D eigenvalue weighted by molar-refractivity contribution is 1.01. The first-order valence-electron chi connectivity index (χ1n) is 5.37. The Balaban J connectivity index is 1.82. The molecule has 0 aliphatic rings. The lowest BCUT2D eigenvalue weighted by Gasteiger charge is -2.01. The van der Waals surface area contributed by atoms with E-state index in [9.17, 15) is 0 Å². The number of fused-ring (bicyclic) bond motifs is 1. The fourth-order valence-electron chi connectivity index (χ4n) is 1.68. The second kappa shape index (κ2) is 4.59. The summed E-state index contributed by atoms with van der Waals surface area (Å²) >= 11 is 1.79. The maximum Gasteiger partial charge on any atom is 0.123 e. The number of hydrogen-bond donors (Lipinski definition) is 0. The maximum atomic E-state index is 4.41. The second-order valence-electron chi connectivity index (χ2n) is 3.65. The van der Waals surface area contributed by atoms with E-state index in [-0.39, 0.29) is 0 Å². The minimum absolute atomic E-state index is 0.863. The van der Waals surface area contributed by atoms with Crippen LogP contribution in [-0.4, -0.2) is 14.4 Å². The molecule has 0 amide bonds. The molecule has 0 fully saturated rings. The first kappa shape index (κ1) is 10.4. The molecular weight excluding hydrogens is 230 g/mol. The van der Waals surface area contributed by atoms with Gasteiger partial charge in [0.25, 0.3) is 0 Å². The molecule has 0 bridgehead atoms. The lowest BCUT2D eigenvalue weighted by atomic mass is 10.4. The van der Waals surface area contributed by atoms with Crippen molar-refractivity contribution in [3.05, 3.63) is 60.9 Å². The molecule has 0 unspecified atom stereocenters. The summed E-state index contributed by atoms with van der Waals surface area (Å²) in [5.74, 6) is 1.92. The molecule has 84 valence electrons. The molecule has 0 N–H and O–H groups in total. The highest BCUT2D eigenvalue weighted by Crippen LogP contribution is 2.21. The number of rotatable bonds is 3. The van der Waals surface area contributed by atoms with E-state index in [4.69, 9.17) is 0 Å². The standard InChI is InChI=1S/C13H11N3S/c1-2-4-12(5-3-1)17-10-13-15-9-11-8-14-6-7-16(11)13/h1-9H,10H2. The molecule has 17 heavy (non-hydrogen) atoms. The number of nitrogens with zero attached hydrogens (tertiary/aromatic N) is 3. The highest BCUT2D eigenvalue weighted by atomic mass is 32.2. The average Bonchev–Trinajstić information content (AvgIpc) is 2.81. The van der Waals surface area contributed by atoms with Crippen molar-refractivity contribution >= 4 is 17.3 Å². The molecular formula is C13H11N3S. The summed E-state index contributed by atoms with van der Waals surface area (Å²) in [6.45, 7) is 0. The molecule has 0 radical (unpaired) electrons. The van der Waals surface area contributed by atoms with Gasteiger partial charge in [-0.05, 0) is 12.1 Å². The van der Waals surface area contributed by atoms with Crippen molar-refractivity contribution in [1.29, 1.82) is 0 Å². The minimum Gasteiger partial charge on any atom is -0.300 e. The Labute approximate surface area is 104 Å². The van der Waals surface area contributed by atoms with Crippen molar-refractivity contribution < 1.29 is 0 Å². The van der Waals surface area contributed by atoms with Gasteiger partial charge in [0.1, 0.15) is 5.82 Å². The molecule has 2 heterocycles. The van der Waals surface area contributed by atoms with Crippen LogP contribution in [0.5, 0.6) is 0 Å². The van der Waals surface area contributed by atoms with Gasteiger partial charge < -0.3 is 0 Å². The van der Waals surface area contributed by atoms with E-state index < -0.39 is 0 Å². The second-order valence-corrected chi connectivity index (χ2v) is 4.70. The van der Waals surface area contributed by atoms with E-state index in [1.54, 1.807) is 18.0 Å². The largest absolute Gasteiger partial charge is 0.300 e. The van der Waals surface area contributed by atoms with E-state index in [0.29, 0.717) is 0 Å². The van der Waals surface area contributed by atoms with E-state index in [1.165, 1.54) is 4.90 Å². The van der Waals surface area contributed by atoms with Gasteiger partial charge in [-0.2, -0.15) is 0 Å². The van der Waals surface area contributed by atoms with Gasteiger partial charge in [-0.25, -0.2) is 4.98 Å². The van der Waals surface area contributed by atoms with Crippen LogP contribution < -0.4 is 0 Å². The van der Waals surface area contributed by atoms with Crippen molar-refractivity contribution in [1.82, 2.24) is 14.4 Å². The summed E-state index contributed by atoms with van der Waals surface area (Å²) in [7, 11) is 0. The third-order valence-electron chi connectivity index (χ3n) is 2.52. The first-order valence-corrected chi connectivity index (χ1v) is 6.36. The van der Waals surface area contributed by atoms with Crippen LogP contribution in [0.4, 0.5) is 0 Å². The predicted molar refractivity (Wildman–Crippen MR) is 69.0 cm³/mol. The Kier molecular flexibility index (Phi) is 2.80. The third-order valence-corrected chi connectivity index (χ3v) is 3.53. The van der Waals surface area contributed by atoms with Gasteiger partial charge in [-0.3, -0.25) is 9.38 Å². The smallest absolute Gasteiger partial charge is 0.123 e. The molecule has 3 rings (SSSR count). The molecule has 3 nitrogen and oxygen atoms in total. The van der Waals surface area contributed by atoms with Crippen LogP contribution in [0, 0.1) is 0 Å². The highest BCUT2D eigenvalue weighted by Gasteiger charge is 2.03. The summed E-state index contributed by atoms with van der Waals surface area (Å²) in [5, 5.41) is 0. The van der Waals surface area contributed by atoms with Gasteiger partial charge in [0.2, 0.25) is 0 Å². The van der Waals surface area contributed by atoms with Crippen molar-refractivity contribution in [3.8, 4) is 0 Å². The maximum absolute atomic E-state index is 4.41. The van der Waals surface area contributed by atoms with Crippen LogP contribution in [0.1, 0.15) is 5.82 Å². The lowest BCUT2D eigenvalue weighted by Crippen LogP contribution is -1.92. The average molecular weight is 241 g/mol. The highest BCUT2D eigenvalue weighted by molar-refractivity contribution is 7.98. The molecule has 2 aromatic heterocycles. The Morgan fingerprint density at radius 3 is 2.88 bits per heavy atom. The number of benzene rings is 1.